The molecule has 25 heavy (non-hydrogen) atoms. The van der Waals surface area contributed by atoms with Crippen molar-refractivity contribution < 1.29 is 14.3 Å². The van der Waals surface area contributed by atoms with Crippen LogP contribution in [-0.2, 0) is 6.54 Å². The number of anilines is 1. The first-order valence-electron chi connectivity index (χ1n) is 8.02. The van der Waals surface area contributed by atoms with Crippen LogP contribution in [0.5, 0.6) is 11.5 Å². The number of carbonyl (C=O) groups is 1. The van der Waals surface area contributed by atoms with E-state index in [4.69, 9.17) is 9.47 Å². The molecule has 0 saturated heterocycles. The molecule has 0 atom stereocenters. The van der Waals surface area contributed by atoms with Crippen LogP contribution in [0.2, 0.25) is 0 Å². The van der Waals surface area contributed by atoms with Crippen LogP contribution >= 0.6 is 0 Å². The fourth-order valence-corrected chi connectivity index (χ4v) is 2.42. The maximum atomic E-state index is 12.1. The maximum Gasteiger partial charge on any atom is 0.319 e. The molecule has 2 heterocycles. The molecule has 0 bridgehead atoms. The standard InChI is InChI=1S/C17H20N4O4/c1-11-12(2)19-10-21(16(11)22)6-5-18-17(23)20-13-3-4-14-15(9-13)25-8-7-24-14/h3-4,9-10H,5-8H2,1-2H3,(H2,18,20,23). The molecule has 1 aliphatic rings. The summed E-state index contributed by atoms with van der Waals surface area (Å²) < 4.78 is 12.4. The maximum absolute atomic E-state index is 12.1. The topological polar surface area (TPSA) is 94.5 Å². The van der Waals surface area contributed by atoms with Crippen LogP contribution in [0.1, 0.15) is 11.3 Å². The average Bonchev–Trinajstić information content (AvgIpc) is 2.61. The zero-order valence-corrected chi connectivity index (χ0v) is 14.2. The first-order valence-corrected chi connectivity index (χ1v) is 8.02. The third kappa shape index (κ3) is 3.90. The van der Waals surface area contributed by atoms with Gasteiger partial charge in [-0.3, -0.25) is 9.36 Å². The number of amides is 2. The van der Waals surface area contributed by atoms with Gasteiger partial charge in [-0.1, -0.05) is 0 Å². The lowest BCUT2D eigenvalue weighted by atomic mass is 10.2. The normalized spacial score (nSPS) is 12.6. The molecule has 8 nitrogen and oxygen atoms in total. The Morgan fingerprint density at radius 3 is 2.80 bits per heavy atom. The number of rotatable bonds is 4. The van der Waals surface area contributed by atoms with Crippen molar-refractivity contribution in [3.8, 4) is 11.5 Å². The molecule has 0 radical (unpaired) electrons. The quantitative estimate of drug-likeness (QED) is 0.875. The summed E-state index contributed by atoms with van der Waals surface area (Å²) in [7, 11) is 0. The Bertz CT molecular complexity index is 847. The van der Waals surface area contributed by atoms with Crippen molar-refractivity contribution in [2.24, 2.45) is 0 Å². The highest BCUT2D eigenvalue weighted by molar-refractivity contribution is 5.89. The van der Waals surface area contributed by atoms with Crippen molar-refractivity contribution in [1.29, 1.82) is 0 Å². The lowest BCUT2D eigenvalue weighted by molar-refractivity contribution is 0.171. The molecular weight excluding hydrogens is 324 g/mol. The number of ether oxygens (including phenoxy) is 2. The first kappa shape index (κ1) is 16.8. The predicted molar refractivity (Wildman–Crippen MR) is 92.4 cm³/mol. The third-order valence-electron chi connectivity index (χ3n) is 3.95. The number of aromatic nitrogens is 2. The highest BCUT2D eigenvalue weighted by Crippen LogP contribution is 2.32. The van der Waals surface area contributed by atoms with Gasteiger partial charge in [0, 0.05) is 36.1 Å². The second-order valence-corrected chi connectivity index (χ2v) is 5.69. The Morgan fingerprint density at radius 1 is 1.24 bits per heavy atom. The smallest absolute Gasteiger partial charge is 0.319 e. The number of benzene rings is 1. The summed E-state index contributed by atoms with van der Waals surface area (Å²) in [6.07, 6.45) is 1.49. The second kappa shape index (κ2) is 7.25. The number of hydrogen-bond acceptors (Lipinski definition) is 5. The van der Waals surface area contributed by atoms with E-state index < -0.39 is 0 Å². The van der Waals surface area contributed by atoms with Crippen molar-refractivity contribution in [1.82, 2.24) is 14.9 Å². The summed E-state index contributed by atoms with van der Waals surface area (Å²) in [5, 5.41) is 5.44. The lowest BCUT2D eigenvalue weighted by Crippen LogP contribution is -2.34. The van der Waals surface area contributed by atoms with E-state index in [1.807, 2.05) is 0 Å². The molecule has 2 N–H and O–H groups in total. The van der Waals surface area contributed by atoms with Crippen LogP contribution in [0.25, 0.3) is 0 Å². The van der Waals surface area contributed by atoms with E-state index in [0.29, 0.717) is 54.7 Å². The Balaban J connectivity index is 1.53. The molecule has 8 heteroatoms. The summed E-state index contributed by atoms with van der Waals surface area (Å²) in [4.78, 5) is 28.2. The Kier molecular flexibility index (Phi) is 4.87. The molecule has 0 saturated carbocycles. The third-order valence-corrected chi connectivity index (χ3v) is 3.95. The van der Waals surface area contributed by atoms with Gasteiger partial charge in [-0.15, -0.1) is 0 Å². The summed E-state index contributed by atoms with van der Waals surface area (Å²) in [5.74, 6) is 1.27. The minimum atomic E-state index is -0.360. The van der Waals surface area contributed by atoms with E-state index in [2.05, 4.69) is 15.6 Å². The van der Waals surface area contributed by atoms with Gasteiger partial charge in [0.05, 0.1) is 6.33 Å². The second-order valence-electron chi connectivity index (χ2n) is 5.69. The summed E-state index contributed by atoms with van der Waals surface area (Å²) >= 11 is 0. The van der Waals surface area contributed by atoms with Gasteiger partial charge in [-0.05, 0) is 26.0 Å². The van der Waals surface area contributed by atoms with E-state index in [1.165, 1.54) is 10.9 Å². The van der Waals surface area contributed by atoms with Crippen LogP contribution in [0.4, 0.5) is 10.5 Å². The molecule has 3 rings (SSSR count). The van der Waals surface area contributed by atoms with Gasteiger partial charge in [0.15, 0.2) is 11.5 Å². The van der Waals surface area contributed by atoms with Crippen molar-refractivity contribution >= 4 is 11.7 Å². The fraction of sp³-hybridized carbons (Fsp3) is 0.353. The van der Waals surface area contributed by atoms with Crippen LogP contribution in [-0.4, -0.2) is 35.3 Å². The number of aryl methyl sites for hydroxylation is 1. The van der Waals surface area contributed by atoms with Crippen LogP contribution < -0.4 is 25.7 Å². The Hall–Kier alpha value is -3.03. The number of hydrogen-bond donors (Lipinski definition) is 2. The molecule has 0 aliphatic carbocycles. The van der Waals surface area contributed by atoms with Crippen LogP contribution in [0, 0.1) is 13.8 Å². The molecule has 1 aliphatic heterocycles. The van der Waals surface area contributed by atoms with E-state index in [1.54, 1.807) is 32.0 Å². The Morgan fingerprint density at radius 2 is 2.00 bits per heavy atom. The van der Waals surface area contributed by atoms with Crippen LogP contribution in [0.3, 0.4) is 0 Å². The van der Waals surface area contributed by atoms with Gasteiger partial charge in [0.2, 0.25) is 0 Å². The van der Waals surface area contributed by atoms with Crippen molar-refractivity contribution in [3.63, 3.8) is 0 Å². The number of carbonyl (C=O) groups excluding carboxylic acids is 1. The molecule has 2 aromatic rings. The molecule has 2 amide bonds. The molecule has 1 aromatic carbocycles. The summed E-state index contributed by atoms with van der Waals surface area (Å²) in [6.45, 7) is 5.19. The molecule has 132 valence electrons. The molecule has 0 unspecified atom stereocenters. The van der Waals surface area contributed by atoms with Gasteiger partial charge in [-0.25, -0.2) is 9.78 Å². The number of nitrogens with one attached hydrogen (secondary N) is 2. The van der Waals surface area contributed by atoms with Gasteiger partial charge in [0.25, 0.3) is 5.56 Å². The van der Waals surface area contributed by atoms with Crippen molar-refractivity contribution in [3.05, 3.63) is 46.1 Å². The zero-order chi connectivity index (χ0) is 17.8. The monoisotopic (exact) mass is 344 g/mol. The first-order chi connectivity index (χ1) is 12.0. The highest BCUT2D eigenvalue weighted by atomic mass is 16.6. The highest BCUT2D eigenvalue weighted by Gasteiger charge is 2.12. The van der Waals surface area contributed by atoms with Crippen molar-refractivity contribution in [2.45, 2.75) is 20.4 Å². The van der Waals surface area contributed by atoms with Gasteiger partial charge < -0.3 is 20.1 Å². The number of nitrogens with zero attached hydrogens (tertiary/aromatic N) is 2. The minimum Gasteiger partial charge on any atom is -0.486 e. The zero-order valence-electron chi connectivity index (χ0n) is 14.2. The van der Waals surface area contributed by atoms with Crippen molar-refractivity contribution in [2.75, 3.05) is 25.1 Å². The van der Waals surface area contributed by atoms with E-state index in [-0.39, 0.29) is 11.6 Å². The lowest BCUT2D eigenvalue weighted by Gasteiger charge is -2.19. The molecule has 0 fully saturated rings. The molecular formula is C17H20N4O4. The summed E-state index contributed by atoms with van der Waals surface area (Å²) in [6, 6.07) is 4.85. The van der Waals surface area contributed by atoms with Crippen LogP contribution in [0.15, 0.2) is 29.3 Å². The van der Waals surface area contributed by atoms with E-state index in [9.17, 15) is 9.59 Å². The minimum absolute atomic E-state index is 0.0958. The van der Waals surface area contributed by atoms with Gasteiger partial charge in [-0.2, -0.15) is 0 Å². The van der Waals surface area contributed by atoms with Gasteiger partial charge in [0.1, 0.15) is 13.2 Å². The Labute approximate surface area is 144 Å². The number of urea groups is 1. The average molecular weight is 344 g/mol. The van der Waals surface area contributed by atoms with Gasteiger partial charge >= 0.3 is 6.03 Å². The summed E-state index contributed by atoms with van der Waals surface area (Å²) in [5.41, 5.74) is 1.84. The number of fused-ring (bicyclic) bond motifs is 1. The molecule has 1 aromatic heterocycles. The fourth-order valence-electron chi connectivity index (χ4n) is 2.42. The SMILES string of the molecule is Cc1ncn(CCNC(=O)Nc2ccc3c(c2)OCCO3)c(=O)c1C. The largest absolute Gasteiger partial charge is 0.486 e. The molecule has 0 spiro atoms. The predicted octanol–water partition coefficient (Wildman–Crippen LogP) is 1.45. The van der Waals surface area contributed by atoms with E-state index >= 15 is 0 Å². The van der Waals surface area contributed by atoms with E-state index in [0.717, 1.165) is 0 Å².